The van der Waals surface area contributed by atoms with E-state index in [0.29, 0.717) is 24.4 Å². The van der Waals surface area contributed by atoms with E-state index in [9.17, 15) is 14.7 Å². The minimum absolute atomic E-state index is 0.00771. The van der Waals surface area contributed by atoms with Gasteiger partial charge in [-0.15, -0.1) is 11.3 Å². The Kier molecular flexibility index (Phi) is 4.62. The van der Waals surface area contributed by atoms with Gasteiger partial charge in [0.2, 0.25) is 0 Å². The minimum Gasteiger partial charge on any atom is -0.512 e. The molecule has 0 aromatic carbocycles. The molecule has 118 valence electrons. The number of hydrogen-bond acceptors (Lipinski definition) is 6. The lowest BCUT2D eigenvalue weighted by Crippen LogP contribution is -2.37. The standard InChI is InChI=1S/C14H17N3O4S/c1-7(15)12(8(2)18)14(20)17-4-3-9-5-10(13(19)16-21)22-11(9)6-17/h5,15,18,21H,3-4,6H2,1-2H3,(H,16,19)/b12-8+,15-7?. The van der Waals surface area contributed by atoms with Crippen LogP contribution in [-0.2, 0) is 17.8 Å². The second-order valence-electron chi connectivity index (χ2n) is 5.06. The van der Waals surface area contributed by atoms with Crippen LogP contribution in [0.5, 0.6) is 0 Å². The summed E-state index contributed by atoms with van der Waals surface area (Å²) in [6, 6.07) is 1.71. The first-order valence-electron chi connectivity index (χ1n) is 6.65. The third-order valence-electron chi connectivity index (χ3n) is 3.45. The molecule has 2 rings (SSSR count). The number of nitrogens with one attached hydrogen (secondary N) is 2. The summed E-state index contributed by atoms with van der Waals surface area (Å²) in [6.07, 6.45) is 0.588. The normalized spacial score (nSPS) is 15.0. The van der Waals surface area contributed by atoms with E-state index in [4.69, 9.17) is 10.6 Å². The van der Waals surface area contributed by atoms with Crippen LogP contribution < -0.4 is 5.48 Å². The number of rotatable bonds is 3. The van der Waals surface area contributed by atoms with Gasteiger partial charge in [-0.1, -0.05) is 0 Å². The summed E-state index contributed by atoms with van der Waals surface area (Å²) in [5.74, 6) is -1.13. The van der Waals surface area contributed by atoms with E-state index in [1.54, 1.807) is 16.4 Å². The van der Waals surface area contributed by atoms with Crippen molar-refractivity contribution in [2.24, 2.45) is 0 Å². The summed E-state index contributed by atoms with van der Waals surface area (Å²) >= 11 is 1.22. The predicted octanol–water partition coefficient (Wildman–Crippen LogP) is 1.62. The van der Waals surface area contributed by atoms with Crippen LogP contribution in [0, 0.1) is 5.41 Å². The molecule has 1 aromatic heterocycles. The number of aliphatic hydroxyl groups is 1. The van der Waals surface area contributed by atoms with Crippen molar-refractivity contribution in [2.75, 3.05) is 6.54 Å². The van der Waals surface area contributed by atoms with Gasteiger partial charge >= 0.3 is 0 Å². The lowest BCUT2D eigenvalue weighted by molar-refractivity contribution is -0.127. The zero-order valence-electron chi connectivity index (χ0n) is 12.3. The van der Waals surface area contributed by atoms with E-state index in [1.807, 2.05) is 0 Å². The summed E-state index contributed by atoms with van der Waals surface area (Å²) in [5, 5.41) is 25.9. The van der Waals surface area contributed by atoms with Gasteiger partial charge in [0, 0.05) is 17.1 Å². The number of nitrogens with zero attached hydrogens (tertiary/aromatic N) is 1. The molecule has 0 fully saturated rings. The van der Waals surface area contributed by atoms with E-state index in [-0.39, 0.29) is 23.0 Å². The Morgan fingerprint density at radius 2 is 2.09 bits per heavy atom. The van der Waals surface area contributed by atoms with E-state index in [0.717, 1.165) is 10.4 Å². The number of hydroxylamine groups is 1. The lowest BCUT2D eigenvalue weighted by atomic mass is 10.0. The third kappa shape index (κ3) is 3.02. The van der Waals surface area contributed by atoms with Crippen molar-refractivity contribution >= 4 is 28.9 Å². The zero-order chi connectivity index (χ0) is 16.4. The second kappa shape index (κ2) is 6.29. The van der Waals surface area contributed by atoms with Gasteiger partial charge in [-0.2, -0.15) is 0 Å². The average Bonchev–Trinajstić information content (AvgIpc) is 2.88. The molecule has 0 saturated heterocycles. The summed E-state index contributed by atoms with van der Waals surface area (Å²) in [4.78, 5) is 26.7. The highest BCUT2D eigenvalue weighted by molar-refractivity contribution is 7.14. The van der Waals surface area contributed by atoms with Crippen LogP contribution in [0.1, 0.15) is 34.0 Å². The van der Waals surface area contributed by atoms with Gasteiger partial charge in [0.15, 0.2) is 0 Å². The fraction of sp³-hybridized carbons (Fsp3) is 0.357. The number of hydrogen-bond donors (Lipinski definition) is 4. The molecule has 2 amide bonds. The van der Waals surface area contributed by atoms with E-state index in [1.165, 1.54) is 25.2 Å². The number of fused-ring (bicyclic) bond motifs is 1. The molecule has 1 aromatic rings. The molecule has 22 heavy (non-hydrogen) atoms. The highest BCUT2D eigenvalue weighted by Crippen LogP contribution is 2.29. The molecule has 0 atom stereocenters. The van der Waals surface area contributed by atoms with Crippen LogP contribution in [0.15, 0.2) is 17.4 Å². The van der Waals surface area contributed by atoms with E-state index < -0.39 is 5.91 Å². The molecule has 4 N–H and O–H groups in total. The SMILES string of the molecule is CC(=N)/C(C(=O)N1CCc2cc(C(=O)NO)sc2C1)=C(/C)O. The third-order valence-corrected chi connectivity index (χ3v) is 4.61. The molecule has 2 heterocycles. The molecular formula is C14H17N3O4S. The Bertz CT molecular complexity index is 674. The molecule has 0 aliphatic carbocycles. The minimum atomic E-state index is -0.570. The van der Waals surface area contributed by atoms with Gasteiger partial charge in [0.25, 0.3) is 11.8 Å². The lowest BCUT2D eigenvalue weighted by Gasteiger charge is -2.27. The molecule has 0 bridgehead atoms. The number of carbonyl (C=O) groups excluding carboxylic acids is 2. The topological polar surface area (TPSA) is 114 Å². The Morgan fingerprint density at radius 3 is 2.64 bits per heavy atom. The van der Waals surface area contributed by atoms with Crippen molar-refractivity contribution in [1.82, 2.24) is 10.4 Å². The summed E-state index contributed by atoms with van der Waals surface area (Å²) in [5.41, 5.74) is 2.60. The van der Waals surface area contributed by atoms with Gasteiger partial charge in [-0.25, -0.2) is 5.48 Å². The largest absolute Gasteiger partial charge is 0.512 e. The van der Waals surface area contributed by atoms with E-state index in [2.05, 4.69) is 0 Å². The Hall–Kier alpha value is -2.19. The molecule has 8 heteroatoms. The summed E-state index contributed by atoms with van der Waals surface area (Å²) < 4.78 is 0. The second-order valence-corrected chi connectivity index (χ2v) is 6.20. The highest BCUT2D eigenvalue weighted by Gasteiger charge is 2.27. The van der Waals surface area contributed by atoms with Crippen molar-refractivity contribution in [3.63, 3.8) is 0 Å². The Balaban J connectivity index is 2.23. The average molecular weight is 323 g/mol. The summed E-state index contributed by atoms with van der Waals surface area (Å²) in [6.45, 7) is 3.61. The fourth-order valence-electron chi connectivity index (χ4n) is 2.40. The number of carbonyl (C=O) groups is 2. The van der Waals surface area contributed by atoms with Gasteiger partial charge < -0.3 is 15.4 Å². The first-order valence-corrected chi connectivity index (χ1v) is 7.47. The van der Waals surface area contributed by atoms with Gasteiger partial charge in [0.05, 0.1) is 17.0 Å². The van der Waals surface area contributed by atoms with E-state index >= 15 is 0 Å². The monoisotopic (exact) mass is 323 g/mol. The Labute approximate surface area is 131 Å². The Morgan fingerprint density at radius 1 is 1.41 bits per heavy atom. The molecule has 1 aliphatic heterocycles. The number of thiophene rings is 1. The van der Waals surface area contributed by atoms with Crippen molar-refractivity contribution in [2.45, 2.75) is 26.8 Å². The van der Waals surface area contributed by atoms with Crippen molar-refractivity contribution in [3.8, 4) is 0 Å². The first-order chi connectivity index (χ1) is 10.3. The highest BCUT2D eigenvalue weighted by atomic mass is 32.1. The molecule has 0 unspecified atom stereocenters. The molecule has 7 nitrogen and oxygen atoms in total. The molecule has 1 aliphatic rings. The van der Waals surface area contributed by atoms with Crippen molar-refractivity contribution in [1.29, 1.82) is 5.41 Å². The van der Waals surface area contributed by atoms with Crippen LogP contribution in [0.3, 0.4) is 0 Å². The van der Waals surface area contributed by atoms with Crippen LogP contribution in [0.25, 0.3) is 0 Å². The maximum Gasteiger partial charge on any atom is 0.284 e. The van der Waals surface area contributed by atoms with Crippen molar-refractivity contribution < 1.29 is 19.9 Å². The number of aliphatic hydroxyl groups excluding tert-OH is 1. The zero-order valence-corrected chi connectivity index (χ0v) is 13.1. The maximum absolute atomic E-state index is 12.4. The molecule has 0 radical (unpaired) electrons. The number of amides is 2. The van der Waals surface area contributed by atoms with Crippen molar-refractivity contribution in [3.05, 3.63) is 32.7 Å². The summed E-state index contributed by atoms with van der Waals surface area (Å²) in [7, 11) is 0. The molecular weight excluding hydrogens is 306 g/mol. The predicted molar refractivity (Wildman–Crippen MR) is 81.4 cm³/mol. The van der Waals surface area contributed by atoms with Crippen LogP contribution in [-0.4, -0.2) is 39.3 Å². The van der Waals surface area contributed by atoms with Gasteiger partial charge in [-0.05, 0) is 31.9 Å². The van der Waals surface area contributed by atoms with Crippen LogP contribution in [0.4, 0.5) is 0 Å². The van der Waals surface area contributed by atoms with Crippen LogP contribution in [0.2, 0.25) is 0 Å². The fourth-order valence-corrected chi connectivity index (χ4v) is 3.52. The van der Waals surface area contributed by atoms with Gasteiger partial charge in [0.1, 0.15) is 5.76 Å². The van der Waals surface area contributed by atoms with Crippen LogP contribution >= 0.6 is 11.3 Å². The maximum atomic E-state index is 12.4. The number of allylic oxidation sites excluding steroid dienone is 1. The smallest absolute Gasteiger partial charge is 0.284 e. The molecule has 0 spiro atoms. The quantitative estimate of drug-likeness (QED) is 0.222. The first kappa shape index (κ1) is 16.2. The van der Waals surface area contributed by atoms with Gasteiger partial charge in [-0.3, -0.25) is 14.8 Å². The molecule has 0 saturated carbocycles.